The highest BCUT2D eigenvalue weighted by Crippen LogP contribution is 2.20. The molecular weight excluding hydrogens is 386 g/mol. The maximum absolute atomic E-state index is 5.25. The van der Waals surface area contributed by atoms with Gasteiger partial charge in [0.15, 0.2) is 0 Å². The monoisotopic (exact) mass is 419 g/mol. The van der Waals surface area contributed by atoms with Crippen molar-refractivity contribution in [3.8, 4) is 11.7 Å². The highest BCUT2D eigenvalue weighted by molar-refractivity contribution is 5.27. The predicted molar refractivity (Wildman–Crippen MR) is 124 cm³/mol. The molecule has 0 unspecified atom stereocenters. The molecule has 0 atom stereocenters. The summed E-state index contributed by atoms with van der Waals surface area (Å²) in [5, 5.41) is 0. The van der Waals surface area contributed by atoms with Gasteiger partial charge in [0.05, 0.1) is 7.11 Å². The second-order valence-corrected chi connectivity index (χ2v) is 8.50. The number of methoxy groups -OCH3 is 1. The zero-order valence-corrected chi connectivity index (χ0v) is 18.7. The molecule has 1 aliphatic heterocycles. The second kappa shape index (κ2) is 10.6. The highest BCUT2D eigenvalue weighted by Gasteiger charge is 2.20. The Bertz CT molecular complexity index is 917. The minimum absolute atomic E-state index is 0.737. The van der Waals surface area contributed by atoms with E-state index in [9.17, 15) is 0 Å². The van der Waals surface area contributed by atoms with Gasteiger partial charge in [-0.15, -0.1) is 0 Å². The summed E-state index contributed by atoms with van der Waals surface area (Å²) in [6.45, 7) is 5.57. The molecule has 164 valence electrons. The van der Waals surface area contributed by atoms with Gasteiger partial charge in [0.1, 0.15) is 5.75 Å². The van der Waals surface area contributed by atoms with Gasteiger partial charge >= 0.3 is 0 Å². The van der Waals surface area contributed by atoms with Crippen LogP contribution >= 0.6 is 0 Å². The molecule has 0 spiro atoms. The Labute approximate surface area is 185 Å². The van der Waals surface area contributed by atoms with E-state index >= 15 is 0 Å². The largest absolute Gasteiger partial charge is 0.497 e. The molecule has 1 aliphatic rings. The third kappa shape index (κ3) is 5.93. The van der Waals surface area contributed by atoms with Gasteiger partial charge in [-0.05, 0) is 81.2 Å². The first kappa shape index (κ1) is 21.5. The highest BCUT2D eigenvalue weighted by atomic mass is 16.5. The maximum atomic E-state index is 5.25. The molecule has 0 radical (unpaired) electrons. The van der Waals surface area contributed by atoms with Gasteiger partial charge < -0.3 is 14.5 Å². The molecule has 0 N–H and O–H groups in total. The summed E-state index contributed by atoms with van der Waals surface area (Å²) in [6.07, 6.45) is 9.27. The maximum Gasteiger partial charge on any atom is 0.233 e. The van der Waals surface area contributed by atoms with E-state index in [0.717, 1.165) is 43.7 Å². The fourth-order valence-corrected chi connectivity index (χ4v) is 4.41. The van der Waals surface area contributed by atoms with Crippen molar-refractivity contribution < 1.29 is 4.74 Å². The molecule has 1 fully saturated rings. The number of nitrogens with zero attached hydrogens (tertiary/aromatic N) is 5. The molecule has 2 aromatic heterocycles. The topological polar surface area (TPSA) is 46.4 Å². The lowest BCUT2D eigenvalue weighted by Crippen LogP contribution is -2.38. The SMILES string of the molecule is COc1ccc(CCN2CCC(CN(C)Cc3cccn3-c3ncccn3)CC2)cc1. The first-order chi connectivity index (χ1) is 15.2. The van der Waals surface area contributed by atoms with E-state index in [2.05, 4.69) is 67.8 Å². The molecule has 31 heavy (non-hydrogen) atoms. The van der Waals surface area contributed by atoms with Crippen LogP contribution in [0.15, 0.2) is 61.1 Å². The van der Waals surface area contributed by atoms with E-state index in [4.69, 9.17) is 4.74 Å². The van der Waals surface area contributed by atoms with Gasteiger partial charge in [-0.1, -0.05) is 12.1 Å². The Morgan fingerprint density at radius 1 is 1.03 bits per heavy atom. The van der Waals surface area contributed by atoms with Crippen molar-refractivity contribution in [2.45, 2.75) is 25.8 Å². The first-order valence-electron chi connectivity index (χ1n) is 11.2. The van der Waals surface area contributed by atoms with Crippen LogP contribution in [0.2, 0.25) is 0 Å². The predicted octanol–water partition coefficient (Wildman–Crippen LogP) is 3.66. The number of hydrogen-bond acceptors (Lipinski definition) is 5. The van der Waals surface area contributed by atoms with Crippen LogP contribution in [-0.4, -0.2) is 64.7 Å². The summed E-state index contributed by atoms with van der Waals surface area (Å²) >= 11 is 0. The minimum atomic E-state index is 0.737. The average molecular weight is 420 g/mol. The van der Waals surface area contributed by atoms with E-state index in [0.29, 0.717) is 0 Å². The molecule has 3 aromatic rings. The van der Waals surface area contributed by atoms with E-state index in [-0.39, 0.29) is 0 Å². The van der Waals surface area contributed by atoms with E-state index in [1.54, 1.807) is 19.5 Å². The Morgan fingerprint density at radius 3 is 2.48 bits per heavy atom. The van der Waals surface area contributed by atoms with Gasteiger partial charge in [-0.25, -0.2) is 9.97 Å². The Hall–Kier alpha value is -2.70. The van der Waals surface area contributed by atoms with Crippen LogP contribution in [0.4, 0.5) is 0 Å². The van der Waals surface area contributed by atoms with Crippen LogP contribution in [0.25, 0.3) is 5.95 Å². The normalized spacial score (nSPS) is 15.5. The molecule has 6 nitrogen and oxygen atoms in total. The molecule has 1 aromatic carbocycles. The molecule has 1 saturated heterocycles. The summed E-state index contributed by atoms with van der Waals surface area (Å²) in [4.78, 5) is 13.8. The Balaban J connectivity index is 1.21. The zero-order valence-electron chi connectivity index (χ0n) is 18.7. The summed E-state index contributed by atoms with van der Waals surface area (Å²) < 4.78 is 7.33. The standard InChI is InChI=1S/C25H33N5O/c1-28(20-23-5-3-15-30(23)25-26-13-4-14-27-25)19-22-11-17-29(18-12-22)16-10-21-6-8-24(31-2)9-7-21/h3-9,13-15,22H,10-12,16-20H2,1-2H3. The van der Waals surface area contributed by atoms with Crippen molar-refractivity contribution in [2.24, 2.45) is 5.92 Å². The minimum Gasteiger partial charge on any atom is -0.497 e. The Kier molecular flexibility index (Phi) is 7.33. The third-order valence-corrected chi connectivity index (χ3v) is 6.19. The summed E-state index contributed by atoms with van der Waals surface area (Å²) in [6, 6.07) is 14.5. The van der Waals surface area contributed by atoms with Crippen LogP contribution in [0.1, 0.15) is 24.1 Å². The van der Waals surface area contributed by atoms with Gasteiger partial charge in [-0.2, -0.15) is 0 Å². The molecule has 4 rings (SSSR count). The van der Waals surface area contributed by atoms with Crippen molar-refractivity contribution in [3.63, 3.8) is 0 Å². The van der Waals surface area contributed by atoms with Crippen LogP contribution in [0, 0.1) is 5.92 Å². The Morgan fingerprint density at radius 2 is 1.77 bits per heavy atom. The van der Waals surface area contributed by atoms with E-state index in [1.165, 1.54) is 37.2 Å². The molecule has 3 heterocycles. The molecule has 6 heteroatoms. The lowest BCUT2D eigenvalue weighted by Gasteiger charge is -2.34. The van der Waals surface area contributed by atoms with Crippen LogP contribution in [-0.2, 0) is 13.0 Å². The van der Waals surface area contributed by atoms with Crippen molar-refractivity contribution in [3.05, 3.63) is 72.3 Å². The number of benzene rings is 1. The third-order valence-electron chi connectivity index (χ3n) is 6.19. The molecule has 0 saturated carbocycles. The lowest BCUT2D eigenvalue weighted by atomic mass is 9.96. The summed E-state index contributed by atoms with van der Waals surface area (Å²) in [7, 11) is 3.94. The van der Waals surface area contributed by atoms with Crippen molar-refractivity contribution >= 4 is 0 Å². The quantitative estimate of drug-likeness (QED) is 0.530. The molecule has 0 amide bonds. The smallest absolute Gasteiger partial charge is 0.233 e. The number of rotatable bonds is 9. The zero-order chi connectivity index (χ0) is 21.5. The van der Waals surface area contributed by atoms with Crippen LogP contribution in [0.3, 0.4) is 0 Å². The fourth-order valence-electron chi connectivity index (χ4n) is 4.41. The first-order valence-corrected chi connectivity index (χ1v) is 11.2. The van der Waals surface area contributed by atoms with Gasteiger partial charge in [-0.3, -0.25) is 4.57 Å². The molecule has 0 bridgehead atoms. The van der Waals surface area contributed by atoms with Gasteiger partial charge in [0, 0.05) is 43.9 Å². The summed E-state index contributed by atoms with van der Waals surface area (Å²) in [5.74, 6) is 2.43. The van der Waals surface area contributed by atoms with E-state index in [1.807, 2.05) is 12.3 Å². The van der Waals surface area contributed by atoms with Crippen molar-refractivity contribution in [2.75, 3.05) is 40.3 Å². The van der Waals surface area contributed by atoms with E-state index < -0.39 is 0 Å². The molecular formula is C25H33N5O. The number of likely N-dealkylation sites (tertiary alicyclic amines) is 1. The summed E-state index contributed by atoms with van der Waals surface area (Å²) in [5.41, 5.74) is 2.61. The van der Waals surface area contributed by atoms with Gasteiger partial charge in [0.2, 0.25) is 5.95 Å². The van der Waals surface area contributed by atoms with Gasteiger partial charge in [0.25, 0.3) is 0 Å². The fraction of sp³-hybridized carbons (Fsp3) is 0.440. The number of ether oxygens (including phenoxy) is 1. The van der Waals surface area contributed by atoms with Crippen molar-refractivity contribution in [1.29, 1.82) is 0 Å². The number of piperidine rings is 1. The van der Waals surface area contributed by atoms with Crippen LogP contribution in [0.5, 0.6) is 5.75 Å². The lowest BCUT2D eigenvalue weighted by molar-refractivity contribution is 0.152. The van der Waals surface area contributed by atoms with Crippen LogP contribution < -0.4 is 4.74 Å². The average Bonchev–Trinajstić information content (AvgIpc) is 3.27. The second-order valence-electron chi connectivity index (χ2n) is 8.50. The van der Waals surface area contributed by atoms with Crippen molar-refractivity contribution in [1.82, 2.24) is 24.3 Å². The number of hydrogen-bond donors (Lipinski definition) is 0. The molecule has 0 aliphatic carbocycles. The number of aromatic nitrogens is 3.